The molecule has 1 N–H and O–H groups in total. The number of nitrogens with zero attached hydrogens (tertiary/aromatic N) is 2. The standard InChI is InChI=1S/C32H42N2O7/c1-21(2)11-16-41-26-10-7-23(20-27(26)39-5)29-28(30(35)25-9-8-24(38-4)19-22(25)3)31(36)32(37)34(29)13-6-12-33-14-17-40-18-15-33/h7-10,19-21,29,35H,6,11-18H2,1-5H3/b30-28+. The van der Waals surface area contributed by atoms with Crippen LogP contribution in [0.25, 0.3) is 5.76 Å². The van der Waals surface area contributed by atoms with Crippen molar-refractivity contribution in [1.29, 1.82) is 0 Å². The van der Waals surface area contributed by atoms with E-state index in [2.05, 4.69) is 18.7 Å². The summed E-state index contributed by atoms with van der Waals surface area (Å²) in [6.07, 6.45) is 1.58. The summed E-state index contributed by atoms with van der Waals surface area (Å²) < 4.78 is 22.4. The lowest BCUT2D eigenvalue weighted by Gasteiger charge is -2.29. The number of ketones is 1. The Morgan fingerprint density at radius 3 is 2.44 bits per heavy atom. The maximum atomic E-state index is 13.5. The van der Waals surface area contributed by atoms with E-state index in [1.54, 1.807) is 49.5 Å². The van der Waals surface area contributed by atoms with E-state index in [1.807, 2.05) is 13.0 Å². The van der Waals surface area contributed by atoms with Crippen LogP contribution >= 0.6 is 0 Å². The van der Waals surface area contributed by atoms with Gasteiger partial charge in [-0.05, 0) is 67.1 Å². The first-order chi connectivity index (χ1) is 19.7. The van der Waals surface area contributed by atoms with Gasteiger partial charge in [-0.2, -0.15) is 0 Å². The molecular weight excluding hydrogens is 524 g/mol. The van der Waals surface area contributed by atoms with Crippen LogP contribution in [0.4, 0.5) is 0 Å². The normalized spacial score (nSPS) is 19.2. The Morgan fingerprint density at radius 1 is 1.02 bits per heavy atom. The van der Waals surface area contributed by atoms with Crippen molar-refractivity contribution in [3.8, 4) is 17.2 Å². The first-order valence-corrected chi connectivity index (χ1v) is 14.3. The summed E-state index contributed by atoms with van der Waals surface area (Å²) in [4.78, 5) is 30.8. The highest BCUT2D eigenvalue weighted by atomic mass is 16.5. The number of rotatable bonds is 12. The first kappa shape index (κ1) is 30.4. The fourth-order valence-electron chi connectivity index (χ4n) is 5.30. The van der Waals surface area contributed by atoms with Crippen molar-refractivity contribution < 1.29 is 33.6 Å². The van der Waals surface area contributed by atoms with Crippen molar-refractivity contribution in [2.45, 2.75) is 39.7 Å². The molecule has 1 atom stereocenters. The number of likely N-dealkylation sites (tertiary alicyclic amines) is 1. The van der Waals surface area contributed by atoms with E-state index in [1.165, 1.54) is 0 Å². The van der Waals surface area contributed by atoms with Gasteiger partial charge in [-0.15, -0.1) is 0 Å². The number of hydrogen-bond donors (Lipinski definition) is 1. The molecule has 9 heteroatoms. The van der Waals surface area contributed by atoms with E-state index in [9.17, 15) is 14.7 Å². The molecule has 1 unspecified atom stereocenters. The number of carbonyl (C=O) groups is 2. The molecular formula is C32H42N2O7. The average Bonchev–Trinajstić information content (AvgIpc) is 3.22. The summed E-state index contributed by atoms with van der Waals surface area (Å²) in [6.45, 7) is 10.9. The molecule has 0 spiro atoms. The van der Waals surface area contributed by atoms with Gasteiger partial charge in [0.05, 0.1) is 45.7 Å². The van der Waals surface area contributed by atoms with Gasteiger partial charge in [0.2, 0.25) is 0 Å². The molecule has 0 bridgehead atoms. The lowest BCUT2D eigenvalue weighted by Crippen LogP contribution is -2.39. The van der Waals surface area contributed by atoms with E-state index in [-0.39, 0.29) is 11.3 Å². The second-order valence-electron chi connectivity index (χ2n) is 10.9. The van der Waals surface area contributed by atoms with Crippen LogP contribution in [-0.2, 0) is 14.3 Å². The summed E-state index contributed by atoms with van der Waals surface area (Å²) in [5.41, 5.74) is 1.93. The molecule has 0 radical (unpaired) electrons. The smallest absolute Gasteiger partial charge is 0.295 e. The molecule has 2 fully saturated rings. The second kappa shape index (κ2) is 13.9. The Hall–Kier alpha value is -3.56. The molecule has 2 aromatic carbocycles. The molecule has 4 rings (SSSR count). The summed E-state index contributed by atoms with van der Waals surface area (Å²) in [6, 6.07) is 9.88. The zero-order valence-electron chi connectivity index (χ0n) is 24.8. The number of morpholine rings is 1. The predicted molar refractivity (Wildman–Crippen MR) is 157 cm³/mol. The SMILES string of the molecule is COc1ccc(/C(O)=C2\C(=O)C(=O)N(CCCN3CCOCC3)C2c2ccc(OCCC(C)C)c(OC)c2)c(C)c1. The first-order valence-electron chi connectivity index (χ1n) is 14.3. The van der Waals surface area contributed by atoms with Crippen molar-refractivity contribution in [3.05, 3.63) is 58.7 Å². The molecule has 2 saturated heterocycles. The number of hydrogen-bond acceptors (Lipinski definition) is 8. The molecule has 0 aromatic heterocycles. The lowest BCUT2D eigenvalue weighted by atomic mass is 9.93. The molecule has 2 heterocycles. The molecule has 1 amide bonds. The van der Waals surface area contributed by atoms with Gasteiger partial charge in [-0.25, -0.2) is 0 Å². The van der Waals surface area contributed by atoms with Crippen molar-refractivity contribution in [1.82, 2.24) is 9.80 Å². The molecule has 2 aromatic rings. The molecule has 0 saturated carbocycles. The van der Waals surface area contributed by atoms with Crippen molar-refractivity contribution >= 4 is 17.4 Å². The summed E-state index contributed by atoms with van der Waals surface area (Å²) >= 11 is 0. The van der Waals surface area contributed by atoms with Crippen LogP contribution in [0, 0.1) is 12.8 Å². The monoisotopic (exact) mass is 566 g/mol. The largest absolute Gasteiger partial charge is 0.507 e. The summed E-state index contributed by atoms with van der Waals surface area (Å²) in [5.74, 6) is 0.695. The maximum absolute atomic E-state index is 13.5. The molecule has 9 nitrogen and oxygen atoms in total. The van der Waals surface area contributed by atoms with Crippen LogP contribution in [0.1, 0.15) is 49.4 Å². The van der Waals surface area contributed by atoms with Gasteiger partial charge < -0.3 is 29.0 Å². The highest BCUT2D eigenvalue weighted by molar-refractivity contribution is 6.46. The van der Waals surface area contributed by atoms with Crippen molar-refractivity contribution in [3.63, 3.8) is 0 Å². The minimum absolute atomic E-state index is 0.0603. The van der Waals surface area contributed by atoms with Crippen LogP contribution in [0.2, 0.25) is 0 Å². The number of aryl methyl sites for hydroxylation is 1. The molecule has 2 aliphatic heterocycles. The van der Waals surface area contributed by atoms with Crippen molar-refractivity contribution in [2.75, 3.05) is 60.2 Å². The molecule has 41 heavy (non-hydrogen) atoms. The van der Waals surface area contributed by atoms with Gasteiger partial charge in [0.25, 0.3) is 11.7 Å². The number of ether oxygens (including phenoxy) is 4. The van der Waals surface area contributed by atoms with Crippen molar-refractivity contribution in [2.24, 2.45) is 5.92 Å². The van der Waals surface area contributed by atoms with E-state index in [0.717, 1.165) is 31.6 Å². The third kappa shape index (κ3) is 7.02. The van der Waals surface area contributed by atoms with Gasteiger partial charge in [0.15, 0.2) is 11.5 Å². The Labute approximate surface area is 242 Å². The topological polar surface area (TPSA) is 97.8 Å². The number of amides is 1. The fraction of sp³-hybridized carbons (Fsp3) is 0.500. The van der Waals surface area contributed by atoms with E-state index < -0.39 is 17.7 Å². The Morgan fingerprint density at radius 2 is 1.78 bits per heavy atom. The minimum atomic E-state index is -0.778. The van der Waals surface area contributed by atoms with Crippen LogP contribution in [0.5, 0.6) is 17.2 Å². The zero-order chi connectivity index (χ0) is 29.5. The third-order valence-electron chi connectivity index (χ3n) is 7.66. The zero-order valence-corrected chi connectivity index (χ0v) is 24.8. The number of aliphatic hydroxyl groups excluding tert-OH is 1. The number of Topliss-reactive ketones (excluding diaryl/α,β-unsaturated/α-hetero) is 1. The average molecular weight is 567 g/mol. The quantitative estimate of drug-likeness (QED) is 0.227. The van der Waals surface area contributed by atoms with Gasteiger partial charge in [0, 0.05) is 31.7 Å². The van der Waals surface area contributed by atoms with Gasteiger partial charge in [-0.1, -0.05) is 19.9 Å². The summed E-state index contributed by atoms with van der Waals surface area (Å²) in [7, 11) is 3.13. The number of carbonyl (C=O) groups excluding carboxylic acids is 2. The van der Waals surface area contributed by atoms with E-state index >= 15 is 0 Å². The van der Waals surface area contributed by atoms with Gasteiger partial charge in [0.1, 0.15) is 11.5 Å². The second-order valence-corrected chi connectivity index (χ2v) is 10.9. The van der Waals surface area contributed by atoms with Crippen LogP contribution in [-0.4, -0.2) is 86.8 Å². The number of aliphatic hydroxyl groups is 1. The summed E-state index contributed by atoms with van der Waals surface area (Å²) in [5, 5.41) is 11.5. The Kier molecular flexibility index (Phi) is 10.3. The van der Waals surface area contributed by atoms with Crippen LogP contribution < -0.4 is 14.2 Å². The highest BCUT2D eigenvalue weighted by Crippen LogP contribution is 2.42. The Balaban J connectivity index is 1.71. The highest BCUT2D eigenvalue weighted by Gasteiger charge is 2.46. The van der Waals surface area contributed by atoms with Gasteiger partial charge in [-0.3, -0.25) is 14.5 Å². The third-order valence-corrected chi connectivity index (χ3v) is 7.66. The van der Waals surface area contributed by atoms with E-state index in [0.29, 0.717) is 67.1 Å². The number of benzene rings is 2. The molecule has 2 aliphatic rings. The van der Waals surface area contributed by atoms with Crippen LogP contribution in [0.3, 0.4) is 0 Å². The Bertz CT molecular complexity index is 1270. The maximum Gasteiger partial charge on any atom is 0.295 e. The van der Waals surface area contributed by atoms with E-state index in [4.69, 9.17) is 18.9 Å². The molecule has 0 aliphatic carbocycles. The minimum Gasteiger partial charge on any atom is -0.507 e. The molecule has 222 valence electrons. The fourth-order valence-corrected chi connectivity index (χ4v) is 5.30. The lowest BCUT2D eigenvalue weighted by molar-refractivity contribution is -0.140. The predicted octanol–water partition coefficient (Wildman–Crippen LogP) is 4.58. The number of methoxy groups -OCH3 is 2. The van der Waals surface area contributed by atoms with Gasteiger partial charge >= 0.3 is 0 Å². The van der Waals surface area contributed by atoms with Crippen LogP contribution in [0.15, 0.2) is 42.0 Å².